The highest BCUT2D eigenvalue weighted by atomic mass is 19.4. The number of benzene rings is 1. The zero-order valence-corrected chi connectivity index (χ0v) is 8.47. The molecular formula is C10H8BF3N2. The Labute approximate surface area is 90.9 Å². The fraction of sp³-hybridized carbons (Fsp3) is 0.100. The van der Waals surface area contributed by atoms with Crippen LogP contribution in [-0.2, 0) is 6.18 Å². The highest BCUT2D eigenvalue weighted by Gasteiger charge is 2.35. The molecule has 0 saturated heterocycles. The van der Waals surface area contributed by atoms with Crippen LogP contribution in [0.15, 0.2) is 30.3 Å². The first-order chi connectivity index (χ1) is 7.50. The lowest BCUT2D eigenvalue weighted by atomic mass is 9.90. The van der Waals surface area contributed by atoms with Crippen molar-refractivity contribution in [3.8, 4) is 11.3 Å². The Morgan fingerprint density at radius 1 is 1.12 bits per heavy atom. The van der Waals surface area contributed by atoms with Crippen LogP contribution < -0.4 is 5.46 Å². The van der Waals surface area contributed by atoms with Gasteiger partial charge in [0.1, 0.15) is 13.5 Å². The minimum Gasteiger partial charge on any atom is -0.273 e. The molecule has 0 amide bonds. The molecular weight excluding hydrogens is 216 g/mol. The molecule has 2 rings (SSSR count). The third kappa shape index (κ3) is 1.82. The van der Waals surface area contributed by atoms with E-state index in [1.54, 1.807) is 30.3 Å². The van der Waals surface area contributed by atoms with Crippen LogP contribution >= 0.6 is 0 Å². The summed E-state index contributed by atoms with van der Waals surface area (Å²) in [6, 6.07) is 8.77. The number of H-pyrrole nitrogens is 1. The van der Waals surface area contributed by atoms with Gasteiger partial charge < -0.3 is 0 Å². The van der Waals surface area contributed by atoms with Gasteiger partial charge in [0.2, 0.25) is 0 Å². The first kappa shape index (κ1) is 10.8. The number of rotatable bonds is 1. The lowest BCUT2D eigenvalue weighted by Crippen LogP contribution is -2.19. The van der Waals surface area contributed by atoms with Crippen LogP contribution in [0.5, 0.6) is 0 Å². The normalized spacial score (nSPS) is 11.7. The van der Waals surface area contributed by atoms with Crippen molar-refractivity contribution in [2.45, 2.75) is 6.18 Å². The molecule has 0 fully saturated rings. The van der Waals surface area contributed by atoms with E-state index in [0.29, 0.717) is 11.3 Å². The van der Waals surface area contributed by atoms with E-state index in [1.807, 2.05) is 5.10 Å². The predicted octanol–water partition coefficient (Wildman–Crippen LogP) is 1.35. The van der Waals surface area contributed by atoms with E-state index >= 15 is 0 Å². The molecule has 0 atom stereocenters. The van der Waals surface area contributed by atoms with Crippen molar-refractivity contribution in [2.75, 3.05) is 0 Å². The number of hydrogen-bond acceptors (Lipinski definition) is 1. The SMILES string of the molecule is Bc1c(-c2ccccc2)n[nH]c1C(F)(F)F. The van der Waals surface area contributed by atoms with Gasteiger partial charge in [-0.1, -0.05) is 30.3 Å². The van der Waals surface area contributed by atoms with Gasteiger partial charge in [0.05, 0.1) is 5.69 Å². The molecule has 0 aliphatic carbocycles. The van der Waals surface area contributed by atoms with Gasteiger partial charge >= 0.3 is 6.18 Å². The molecule has 2 nitrogen and oxygen atoms in total. The van der Waals surface area contributed by atoms with Gasteiger partial charge in [-0.15, -0.1) is 0 Å². The van der Waals surface area contributed by atoms with E-state index in [-0.39, 0.29) is 5.46 Å². The van der Waals surface area contributed by atoms with Crippen molar-refractivity contribution < 1.29 is 13.2 Å². The number of aromatic nitrogens is 2. The monoisotopic (exact) mass is 224 g/mol. The maximum absolute atomic E-state index is 12.5. The zero-order chi connectivity index (χ0) is 11.8. The molecule has 0 aliphatic rings. The predicted molar refractivity (Wildman–Crippen MR) is 57.2 cm³/mol. The molecule has 6 heteroatoms. The Balaban J connectivity index is 2.50. The molecule has 0 spiro atoms. The summed E-state index contributed by atoms with van der Waals surface area (Å²) in [5, 5.41) is 5.74. The van der Waals surface area contributed by atoms with Crippen molar-refractivity contribution in [2.24, 2.45) is 0 Å². The maximum Gasteiger partial charge on any atom is 0.432 e. The van der Waals surface area contributed by atoms with E-state index in [0.717, 1.165) is 0 Å². The first-order valence-electron chi connectivity index (χ1n) is 4.67. The summed E-state index contributed by atoms with van der Waals surface area (Å²) in [5.41, 5.74) is 0.352. The maximum atomic E-state index is 12.5. The summed E-state index contributed by atoms with van der Waals surface area (Å²) in [7, 11) is 1.41. The van der Waals surface area contributed by atoms with E-state index in [1.165, 1.54) is 7.85 Å². The Kier molecular flexibility index (Phi) is 2.49. The third-order valence-electron chi connectivity index (χ3n) is 2.34. The summed E-state index contributed by atoms with van der Waals surface area (Å²) in [6.07, 6.45) is -4.38. The Morgan fingerprint density at radius 2 is 1.75 bits per heavy atom. The Hall–Kier alpha value is -1.72. The summed E-state index contributed by atoms with van der Waals surface area (Å²) in [5.74, 6) is 0. The van der Waals surface area contributed by atoms with Gasteiger partial charge in [0.25, 0.3) is 0 Å². The fourth-order valence-corrected chi connectivity index (χ4v) is 1.55. The number of hydrogen-bond donors (Lipinski definition) is 1. The molecule has 1 N–H and O–H groups in total. The van der Waals surface area contributed by atoms with Gasteiger partial charge in [-0.3, -0.25) is 5.10 Å². The summed E-state index contributed by atoms with van der Waals surface area (Å²) in [4.78, 5) is 0. The summed E-state index contributed by atoms with van der Waals surface area (Å²) in [6.45, 7) is 0. The number of alkyl halides is 3. The van der Waals surface area contributed by atoms with Crippen molar-refractivity contribution in [1.29, 1.82) is 0 Å². The third-order valence-corrected chi connectivity index (χ3v) is 2.34. The second kappa shape index (κ2) is 3.70. The van der Waals surface area contributed by atoms with Crippen LogP contribution in [-0.4, -0.2) is 18.0 Å². The van der Waals surface area contributed by atoms with E-state index in [4.69, 9.17) is 0 Å². The van der Waals surface area contributed by atoms with Crippen LogP contribution in [0.25, 0.3) is 11.3 Å². The molecule has 16 heavy (non-hydrogen) atoms. The van der Waals surface area contributed by atoms with E-state index < -0.39 is 11.9 Å². The number of nitrogens with one attached hydrogen (secondary N) is 1. The van der Waals surface area contributed by atoms with Gasteiger partial charge in [-0.2, -0.15) is 18.3 Å². The van der Waals surface area contributed by atoms with Crippen LogP contribution in [0.1, 0.15) is 5.69 Å². The Morgan fingerprint density at radius 3 is 2.25 bits per heavy atom. The van der Waals surface area contributed by atoms with Crippen LogP contribution in [0.4, 0.5) is 13.2 Å². The minimum absolute atomic E-state index is 0.124. The summed E-state index contributed by atoms with van der Waals surface area (Å²) >= 11 is 0. The average Bonchev–Trinajstić information content (AvgIpc) is 2.61. The molecule has 0 aliphatic heterocycles. The molecule has 1 heterocycles. The van der Waals surface area contributed by atoms with Crippen molar-refractivity contribution in [3.05, 3.63) is 36.0 Å². The van der Waals surface area contributed by atoms with Crippen LogP contribution in [0.3, 0.4) is 0 Å². The van der Waals surface area contributed by atoms with E-state index in [2.05, 4.69) is 5.10 Å². The van der Waals surface area contributed by atoms with Gasteiger partial charge in [0, 0.05) is 5.56 Å². The summed E-state index contributed by atoms with van der Waals surface area (Å²) < 4.78 is 37.5. The lowest BCUT2D eigenvalue weighted by Gasteiger charge is -2.04. The topological polar surface area (TPSA) is 28.7 Å². The first-order valence-corrected chi connectivity index (χ1v) is 4.67. The Bertz CT molecular complexity index is 491. The zero-order valence-electron chi connectivity index (χ0n) is 8.47. The van der Waals surface area contributed by atoms with Gasteiger partial charge in [0.15, 0.2) is 0 Å². The highest BCUT2D eigenvalue weighted by molar-refractivity contribution is 6.36. The van der Waals surface area contributed by atoms with Crippen molar-refractivity contribution >= 4 is 13.3 Å². The standard InChI is InChI=1S/C10H8BF3N2/c11-7-8(6-4-2-1-3-5-6)15-16-9(7)10(12,13)14/h1-5H,11H2,(H,15,16). The van der Waals surface area contributed by atoms with Crippen LogP contribution in [0.2, 0.25) is 0 Å². The highest BCUT2D eigenvalue weighted by Crippen LogP contribution is 2.28. The second-order valence-corrected chi connectivity index (χ2v) is 3.44. The van der Waals surface area contributed by atoms with Crippen molar-refractivity contribution in [1.82, 2.24) is 10.2 Å². The van der Waals surface area contributed by atoms with Gasteiger partial charge in [-0.25, -0.2) is 0 Å². The molecule has 0 bridgehead atoms. The molecule has 82 valence electrons. The van der Waals surface area contributed by atoms with E-state index in [9.17, 15) is 13.2 Å². The lowest BCUT2D eigenvalue weighted by molar-refractivity contribution is -0.140. The second-order valence-electron chi connectivity index (χ2n) is 3.44. The minimum atomic E-state index is -4.38. The molecule has 0 unspecified atom stereocenters. The number of aromatic amines is 1. The van der Waals surface area contributed by atoms with Crippen molar-refractivity contribution in [3.63, 3.8) is 0 Å². The molecule has 1 aromatic heterocycles. The quantitative estimate of drug-likeness (QED) is 0.727. The van der Waals surface area contributed by atoms with Crippen LogP contribution in [0, 0.1) is 0 Å². The molecule has 0 radical (unpaired) electrons. The average molecular weight is 224 g/mol. The largest absolute Gasteiger partial charge is 0.432 e. The molecule has 2 aromatic rings. The number of halogens is 3. The molecule has 0 saturated carbocycles. The number of nitrogens with zero attached hydrogens (tertiary/aromatic N) is 1. The fourth-order valence-electron chi connectivity index (χ4n) is 1.55. The van der Waals surface area contributed by atoms with Gasteiger partial charge in [-0.05, 0) is 5.46 Å². The smallest absolute Gasteiger partial charge is 0.273 e. The molecule has 1 aromatic carbocycles.